The highest BCUT2D eigenvalue weighted by atomic mass is 19.4. The SMILES string of the molecule is C=C(c1ccc(C(=O)O)o1)C(F)(F)F. The summed E-state index contributed by atoms with van der Waals surface area (Å²) < 4.78 is 40.5. The highest BCUT2D eigenvalue weighted by Gasteiger charge is 2.35. The number of carboxylic acids is 1. The second kappa shape index (κ2) is 3.21. The van der Waals surface area contributed by atoms with Crippen LogP contribution in [0, 0.1) is 0 Å². The topological polar surface area (TPSA) is 50.4 Å². The molecule has 0 fully saturated rings. The largest absolute Gasteiger partial charge is 0.475 e. The monoisotopic (exact) mass is 206 g/mol. The number of hydrogen-bond donors (Lipinski definition) is 1. The van der Waals surface area contributed by atoms with Crippen LogP contribution in [0.2, 0.25) is 0 Å². The number of alkyl halides is 3. The molecule has 0 atom stereocenters. The molecule has 0 aliphatic carbocycles. The number of allylic oxidation sites excluding steroid dienone is 1. The molecule has 0 aliphatic heterocycles. The minimum absolute atomic E-state index is 0.551. The quantitative estimate of drug-likeness (QED) is 0.808. The predicted octanol–water partition coefficient (Wildman–Crippen LogP) is 2.55. The summed E-state index contributed by atoms with van der Waals surface area (Å²) in [5.74, 6) is -2.56. The summed E-state index contributed by atoms with van der Waals surface area (Å²) in [6, 6.07) is 1.86. The molecule has 1 aromatic heterocycles. The first-order valence-electron chi connectivity index (χ1n) is 3.42. The maximum Gasteiger partial charge on any atom is 0.419 e. The lowest BCUT2D eigenvalue weighted by Crippen LogP contribution is -2.08. The van der Waals surface area contributed by atoms with Gasteiger partial charge in [0.15, 0.2) is 0 Å². The van der Waals surface area contributed by atoms with Crippen LogP contribution >= 0.6 is 0 Å². The smallest absolute Gasteiger partial charge is 0.419 e. The van der Waals surface area contributed by atoms with Crippen LogP contribution in [0.15, 0.2) is 23.1 Å². The van der Waals surface area contributed by atoms with Crippen molar-refractivity contribution in [2.24, 2.45) is 0 Å². The van der Waals surface area contributed by atoms with E-state index in [2.05, 4.69) is 11.0 Å². The molecule has 0 spiro atoms. The highest BCUT2D eigenvalue weighted by Crippen LogP contribution is 2.32. The highest BCUT2D eigenvalue weighted by molar-refractivity contribution is 5.85. The summed E-state index contributed by atoms with van der Waals surface area (Å²) in [6.07, 6.45) is -4.62. The lowest BCUT2D eigenvalue weighted by molar-refractivity contribution is -0.0698. The molecular weight excluding hydrogens is 201 g/mol. The number of rotatable bonds is 2. The van der Waals surface area contributed by atoms with Crippen molar-refractivity contribution in [2.75, 3.05) is 0 Å². The third-order valence-electron chi connectivity index (χ3n) is 1.46. The Kier molecular flexibility index (Phi) is 2.37. The van der Waals surface area contributed by atoms with Crippen LogP contribution in [-0.2, 0) is 0 Å². The molecule has 0 amide bonds. The van der Waals surface area contributed by atoms with Crippen molar-refractivity contribution < 1.29 is 27.5 Å². The van der Waals surface area contributed by atoms with Crippen molar-refractivity contribution in [1.82, 2.24) is 0 Å². The minimum Gasteiger partial charge on any atom is -0.475 e. The van der Waals surface area contributed by atoms with Crippen molar-refractivity contribution in [1.29, 1.82) is 0 Å². The van der Waals surface area contributed by atoms with E-state index in [1.165, 1.54) is 0 Å². The molecule has 1 N–H and O–H groups in total. The molecule has 6 heteroatoms. The molecule has 0 saturated heterocycles. The molecule has 0 bridgehead atoms. The van der Waals surface area contributed by atoms with Gasteiger partial charge in [0.2, 0.25) is 5.76 Å². The van der Waals surface area contributed by atoms with Crippen molar-refractivity contribution in [3.63, 3.8) is 0 Å². The Morgan fingerprint density at radius 1 is 1.36 bits per heavy atom. The first kappa shape index (κ1) is 10.4. The van der Waals surface area contributed by atoms with E-state index < -0.39 is 29.2 Å². The zero-order valence-corrected chi connectivity index (χ0v) is 6.76. The van der Waals surface area contributed by atoms with Gasteiger partial charge in [-0.05, 0) is 12.1 Å². The van der Waals surface area contributed by atoms with E-state index in [9.17, 15) is 18.0 Å². The standard InChI is InChI=1S/C8H5F3O3/c1-4(8(9,10)11)5-2-3-6(14-5)7(12)13/h2-3H,1H2,(H,12,13). The maximum absolute atomic E-state index is 12.0. The number of carboxylic acid groups (broad SMARTS) is 1. The molecule has 0 aromatic carbocycles. The minimum atomic E-state index is -4.62. The third kappa shape index (κ3) is 1.95. The number of carbonyl (C=O) groups is 1. The van der Waals surface area contributed by atoms with Crippen molar-refractivity contribution in [3.8, 4) is 0 Å². The lowest BCUT2D eigenvalue weighted by atomic mass is 10.2. The number of halogens is 3. The van der Waals surface area contributed by atoms with Crippen LogP contribution in [0.1, 0.15) is 16.3 Å². The molecule has 0 radical (unpaired) electrons. The average molecular weight is 206 g/mol. The van der Waals surface area contributed by atoms with Gasteiger partial charge in [-0.3, -0.25) is 0 Å². The Morgan fingerprint density at radius 2 is 1.86 bits per heavy atom. The van der Waals surface area contributed by atoms with Gasteiger partial charge in [0.25, 0.3) is 0 Å². The van der Waals surface area contributed by atoms with E-state index in [0.717, 1.165) is 12.1 Å². The first-order chi connectivity index (χ1) is 6.32. The zero-order chi connectivity index (χ0) is 10.9. The molecule has 1 rings (SSSR count). The Balaban J connectivity index is 2.99. The van der Waals surface area contributed by atoms with E-state index in [4.69, 9.17) is 5.11 Å². The fraction of sp³-hybridized carbons (Fsp3) is 0.125. The van der Waals surface area contributed by atoms with Gasteiger partial charge in [0.1, 0.15) is 5.76 Å². The van der Waals surface area contributed by atoms with E-state index in [0.29, 0.717) is 0 Å². The van der Waals surface area contributed by atoms with Crippen LogP contribution in [0.25, 0.3) is 5.57 Å². The average Bonchev–Trinajstić information content (AvgIpc) is 2.48. The van der Waals surface area contributed by atoms with E-state index in [-0.39, 0.29) is 0 Å². The summed E-state index contributed by atoms with van der Waals surface area (Å²) in [4.78, 5) is 10.3. The molecule has 14 heavy (non-hydrogen) atoms. The fourth-order valence-electron chi connectivity index (χ4n) is 0.755. The number of aromatic carboxylic acids is 1. The molecular formula is C8H5F3O3. The molecule has 0 saturated carbocycles. The van der Waals surface area contributed by atoms with Crippen LogP contribution in [0.5, 0.6) is 0 Å². The zero-order valence-electron chi connectivity index (χ0n) is 6.76. The summed E-state index contributed by atoms with van der Waals surface area (Å²) in [6.45, 7) is 2.76. The Hall–Kier alpha value is -1.72. The van der Waals surface area contributed by atoms with Crippen LogP contribution in [0.3, 0.4) is 0 Å². The summed E-state index contributed by atoms with van der Waals surface area (Å²) in [5.41, 5.74) is -1.20. The van der Waals surface area contributed by atoms with Gasteiger partial charge in [0, 0.05) is 0 Å². The van der Waals surface area contributed by atoms with E-state index in [1.54, 1.807) is 0 Å². The van der Waals surface area contributed by atoms with Crippen LogP contribution in [0.4, 0.5) is 13.2 Å². The predicted molar refractivity (Wildman–Crippen MR) is 40.8 cm³/mol. The molecule has 0 aliphatic rings. The van der Waals surface area contributed by atoms with Crippen LogP contribution < -0.4 is 0 Å². The van der Waals surface area contributed by atoms with Gasteiger partial charge in [-0.1, -0.05) is 6.58 Å². The molecule has 76 valence electrons. The normalized spacial score (nSPS) is 11.4. The van der Waals surface area contributed by atoms with Gasteiger partial charge < -0.3 is 9.52 Å². The third-order valence-corrected chi connectivity index (χ3v) is 1.46. The van der Waals surface area contributed by atoms with Gasteiger partial charge in [-0.15, -0.1) is 0 Å². The second-order valence-electron chi connectivity index (χ2n) is 2.45. The Bertz CT molecular complexity index is 375. The number of furan rings is 1. The van der Waals surface area contributed by atoms with Crippen molar-refractivity contribution >= 4 is 11.5 Å². The van der Waals surface area contributed by atoms with Crippen molar-refractivity contribution in [3.05, 3.63) is 30.2 Å². The van der Waals surface area contributed by atoms with E-state index in [1.807, 2.05) is 0 Å². The van der Waals surface area contributed by atoms with Gasteiger partial charge in [-0.25, -0.2) is 4.79 Å². The summed E-state index contributed by atoms with van der Waals surface area (Å²) in [7, 11) is 0. The fourth-order valence-corrected chi connectivity index (χ4v) is 0.755. The summed E-state index contributed by atoms with van der Waals surface area (Å²) >= 11 is 0. The first-order valence-corrected chi connectivity index (χ1v) is 3.42. The Morgan fingerprint density at radius 3 is 2.21 bits per heavy atom. The van der Waals surface area contributed by atoms with E-state index >= 15 is 0 Å². The molecule has 1 heterocycles. The van der Waals surface area contributed by atoms with Gasteiger partial charge >= 0.3 is 12.1 Å². The van der Waals surface area contributed by atoms with Crippen LogP contribution in [-0.4, -0.2) is 17.3 Å². The lowest BCUT2D eigenvalue weighted by Gasteiger charge is -2.05. The second-order valence-corrected chi connectivity index (χ2v) is 2.45. The molecule has 3 nitrogen and oxygen atoms in total. The number of hydrogen-bond acceptors (Lipinski definition) is 2. The van der Waals surface area contributed by atoms with Gasteiger partial charge in [-0.2, -0.15) is 13.2 Å². The molecule has 0 unspecified atom stereocenters. The maximum atomic E-state index is 12.0. The summed E-state index contributed by atoms with van der Waals surface area (Å²) in [5, 5.41) is 8.38. The van der Waals surface area contributed by atoms with Gasteiger partial charge in [0.05, 0.1) is 5.57 Å². The molecule has 1 aromatic rings. The Labute approximate surface area is 76.4 Å². The van der Waals surface area contributed by atoms with Crippen molar-refractivity contribution in [2.45, 2.75) is 6.18 Å².